The van der Waals surface area contributed by atoms with Gasteiger partial charge in [-0.05, 0) is 34.9 Å². The Morgan fingerprint density at radius 3 is 2.65 bits per heavy atom. The molecule has 1 N–H and O–H groups in total. The molecule has 0 aliphatic heterocycles. The summed E-state index contributed by atoms with van der Waals surface area (Å²) >= 11 is 3.63. The Balaban J connectivity index is 2.14. The maximum atomic E-state index is 3.52. The first kappa shape index (κ1) is 15.5. The minimum atomic E-state index is 0.530. The molecule has 2 rings (SSSR count). The molecule has 1 nitrogen and oxygen atoms in total. The van der Waals surface area contributed by atoms with Crippen LogP contribution in [-0.4, -0.2) is 12.6 Å². The average Bonchev–Trinajstić information content (AvgIpc) is 3.04. The van der Waals surface area contributed by atoms with Gasteiger partial charge in [-0.1, -0.05) is 39.3 Å². The van der Waals surface area contributed by atoms with E-state index in [2.05, 4.69) is 68.0 Å². The molecule has 0 aliphatic carbocycles. The highest BCUT2D eigenvalue weighted by Gasteiger charge is 2.07. The predicted molar refractivity (Wildman–Crippen MR) is 93.6 cm³/mol. The van der Waals surface area contributed by atoms with Crippen molar-refractivity contribution in [1.29, 1.82) is 0 Å². The van der Waals surface area contributed by atoms with Crippen LogP contribution in [0.5, 0.6) is 0 Å². The molecular weight excluding hydrogens is 282 g/mol. The summed E-state index contributed by atoms with van der Waals surface area (Å²) in [6, 6.07) is 7.12. The van der Waals surface area contributed by atoms with Gasteiger partial charge in [0, 0.05) is 27.9 Å². The van der Waals surface area contributed by atoms with Crippen molar-refractivity contribution in [3.05, 3.63) is 39.4 Å². The fourth-order valence-electron chi connectivity index (χ4n) is 1.93. The first-order chi connectivity index (χ1) is 9.56. The Hall–Kier alpha value is -0.900. The summed E-state index contributed by atoms with van der Waals surface area (Å²) in [6.07, 6.45) is 2.35. The van der Waals surface area contributed by atoms with Gasteiger partial charge in [0.2, 0.25) is 0 Å². The molecule has 0 spiro atoms. The summed E-state index contributed by atoms with van der Waals surface area (Å²) in [6.45, 7) is 9.89. The van der Waals surface area contributed by atoms with E-state index in [9.17, 15) is 0 Å². The van der Waals surface area contributed by atoms with Gasteiger partial charge in [-0.2, -0.15) is 0 Å². The zero-order chi connectivity index (χ0) is 14.5. The molecule has 2 aromatic rings. The van der Waals surface area contributed by atoms with Gasteiger partial charge in [0.15, 0.2) is 0 Å². The van der Waals surface area contributed by atoms with E-state index in [0.29, 0.717) is 12.0 Å². The van der Waals surface area contributed by atoms with Gasteiger partial charge >= 0.3 is 0 Å². The Morgan fingerprint density at radius 1 is 1.25 bits per heavy atom. The van der Waals surface area contributed by atoms with Crippen molar-refractivity contribution in [1.82, 2.24) is 5.32 Å². The zero-order valence-electron chi connectivity index (χ0n) is 12.6. The minimum Gasteiger partial charge on any atom is -0.311 e. The van der Waals surface area contributed by atoms with Crippen LogP contribution in [0.15, 0.2) is 34.5 Å². The molecule has 0 unspecified atom stereocenters. The highest BCUT2D eigenvalue weighted by atomic mass is 32.1. The molecule has 0 radical (unpaired) electrons. The third kappa shape index (κ3) is 4.30. The van der Waals surface area contributed by atoms with Gasteiger partial charge in [0.1, 0.15) is 0 Å². The molecule has 0 aromatic carbocycles. The molecule has 0 aliphatic rings. The summed E-state index contributed by atoms with van der Waals surface area (Å²) < 4.78 is 0. The van der Waals surface area contributed by atoms with Crippen molar-refractivity contribution in [2.45, 2.75) is 33.7 Å². The quantitative estimate of drug-likeness (QED) is 0.741. The molecule has 2 aromatic heterocycles. The lowest BCUT2D eigenvalue weighted by atomic mass is 10.0. The molecular formula is C17H23NS2. The second-order valence-electron chi connectivity index (χ2n) is 5.62. The monoisotopic (exact) mass is 305 g/mol. The predicted octanol–water partition coefficient (Wildman–Crippen LogP) is 5.51. The molecule has 3 heteroatoms. The van der Waals surface area contributed by atoms with Gasteiger partial charge in [0.25, 0.3) is 0 Å². The molecule has 2 heterocycles. The van der Waals surface area contributed by atoms with E-state index >= 15 is 0 Å². The number of hydrogen-bond acceptors (Lipinski definition) is 3. The first-order valence-corrected chi connectivity index (χ1v) is 8.88. The Labute approximate surface area is 130 Å². The van der Waals surface area contributed by atoms with E-state index in [1.54, 1.807) is 11.3 Å². The Bertz CT molecular complexity index is 547. The zero-order valence-corrected chi connectivity index (χ0v) is 14.3. The summed E-state index contributed by atoms with van der Waals surface area (Å²) in [5, 5.41) is 7.91. The lowest BCUT2D eigenvalue weighted by molar-refractivity contribution is 0.593. The molecule has 0 bridgehead atoms. The van der Waals surface area contributed by atoms with Gasteiger partial charge in [-0.15, -0.1) is 22.7 Å². The van der Waals surface area contributed by atoms with Crippen LogP contribution in [0.3, 0.4) is 0 Å². The maximum absolute atomic E-state index is 3.52. The first-order valence-electron chi connectivity index (χ1n) is 7.12. The molecule has 108 valence electrons. The molecule has 0 fully saturated rings. The van der Waals surface area contributed by atoms with E-state index in [0.717, 1.165) is 6.54 Å². The summed E-state index contributed by atoms with van der Waals surface area (Å²) in [5.41, 5.74) is 2.81. The van der Waals surface area contributed by atoms with E-state index in [1.807, 2.05) is 11.3 Å². The van der Waals surface area contributed by atoms with E-state index in [1.165, 1.54) is 20.9 Å². The molecule has 0 amide bonds. The lowest BCUT2D eigenvalue weighted by Crippen LogP contribution is -2.26. The third-order valence-electron chi connectivity index (χ3n) is 3.21. The maximum Gasteiger partial charge on any atom is 0.0351 e. The van der Waals surface area contributed by atoms with Crippen LogP contribution >= 0.6 is 22.7 Å². The SMILES string of the molecule is CC(C)NCC(=Cc1cc(-c2cccs2)cs1)C(C)C. The van der Waals surface area contributed by atoms with Crippen LogP contribution in [0.1, 0.15) is 32.6 Å². The average molecular weight is 306 g/mol. The third-order valence-corrected chi connectivity index (χ3v) is 5.01. The van der Waals surface area contributed by atoms with Crippen LogP contribution < -0.4 is 5.32 Å². The lowest BCUT2D eigenvalue weighted by Gasteiger charge is -2.14. The van der Waals surface area contributed by atoms with Crippen LogP contribution in [0.2, 0.25) is 0 Å². The normalized spacial score (nSPS) is 12.6. The van der Waals surface area contributed by atoms with Crippen molar-refractivity contribution in [3.8, 4) is 10.4 Å². The number of nitrogens with one attached hydrogen (secondary N) is 1. The van der Waals surface area contributed by atoms with E-state index in [4.69, 9.17) is 0 Å². The van der Waals surface area contributed by atoms with E-state index < -0.39 is 0 Å². The standard InChI is InChI=1S/C17H23NS2/c1-12(2)14(10-18-13(3)4)8-16-9-15(11-20-16)17-6-5-7-19-17/h5-9,11-13,18H,10H2,1-4H3. The van der Waals surface area contributed by atoms with Crippen molar-refractivity contribution in [2.24, 2.45) is 5.92 Å². The van der Waals surface area contributed by atoms with Crippen molar-refractivity contribution >= 4 is 28.7 Å². The van der Waals surface area contributed by atoms with Crippen LogP contribution in [0, 0.1) is 5.92 Å². The van der Waals surface area contributed by atoms with Gasteiger partial charge in [-0.3, -0.25) is 0 Å². The second-order valence-corrected chi connectivity index (χ2v) is 7.52. The van der Waals surface area contributed by atoms with Gasteiger partial charge < -0.3 is 5.32 Å². The van der Waals surface area contributed by atoms with Crippen molar-refractivity contribution in [2.75, 3.05) is 6.54 Å². The van der Waals surface area contributed by atoms with Gasteiger partial charge in [0.05, 0.1) is 0 Å². The summed E-state index contributed by atoms with van der Waals surface area (Å²) in [7, 11) is 0. The number of hydrogen-bond donors (Lipinski definition) is 1. The molecule has 0 saturated heterocycles. The fraction of sp³-hybridized carbons (Fsp3) is 0.412. The smallest absolute Gasteiger partial charge is 0.0351 e. The van der Waals surface area contributed by atoms with Crippen molar-refractivity contribution in [3.63, 3.8) is 0 Å². The van der Waals surface area contributed by atoms with Crippen LogP contribution in [0.25, 0.3) is 16.5 Å². The Morgan fingerprint density at radius 2 is 2.05 bits per heavy atom. The Kier molecular flexibility index (Phi) is 5.58. The summed E-state index contributed by atoms with van der Waals surface area (Å²) in [4.78, 5) is 2.70. The topological polar surface area (TPSA) is 12.0 Å². The molecule has 20 heavy (non-hydrogen) atoms. The fourth-order valence-corrected chi connectivity index (χ4v) is 3.59. The number of rotatable bonds is 6. The van der Waals surface area contributed by atoms with E-state index in [-0.39, 0.29) is 0 Å². The van der Waals surface area contributed by atoms with Crippen molar-refractivity contribution < 1.29 is 0 Å². The van der Waals surface area contributed by atoms with Crippen LogP contribution in [-0.2, 0) is 0 Å². The number of thiophene rings is 2. The molecule has 0 saturated carbocycles. The highest BCUT2D eigenvalue weighted by molar-refractivity contribution is 7.15. The minimum absolute atomic E-state index is 0.530. The molecule has 0 atom stereocenters. The largest absolute Gasteiger partial charge is 0.311 e. The van der Waals surface area contributed by atoms with Gasteiger partial charge in [-0.25, -0.2) is 0 Å². The van der Waals surface area contributed by atoms with Crippen LogP contribution in [0.4, 0.5) is 0 Å². The highest BCUT2D eigenvalue weighted by Crippen LogP contribution is 2.30. The second kappa shape index (κ2) is 7.21. The summed E-state index contributed by atoms with van der Waals surface area (Å²) in [5.74, 6) is 0.577.